The van der Waals surface area contributed by atoms with Crippen LogP contribution < -0.4 is 0 Å². The van der Waals surface area contributed by atoms with Crippen LogP contribution in [0.4, 0.5) is 0 Å². The molecule has 0 aromatic carbocycles. The molecular formula is C64H113N3O13. The van der Waals surface area contributed by atoms with Crippen molar-refractivity contribution in [3.8, 4) is 0 Å². The molecule has 0 bridgehead atoms. The molecule has 0 amide bonds. The Morgan fingerprint density at radius 1 is 0.388 bits per heavy atom. The topological polar surface area (TPSA) is 185 Å². The fourth-order valence-corrected chi connectivity index (χ4v) is 11.9. The fourth-order valence-electron chi connectivity index (χ4n) is 11.9. The van der Waals surface area contributed by atoms with E-state index in [0.29, 0.717) is 75.3 Å². The average molecular weight is 1130 g/mol. The highest BCUT2D eigenvalue weighted by atomic mass is 16.6. The highest BCUT2D eigenvalue weighted by Gasteiger charge is 2.30. The predicted molar refractivity (Wildman–Crippen MR) is 312 cm³/mol. The van der Waals surface area contributed by atoms with Crippen molar-refractivity contribution in [1.29, 1.82) is 0 Å². The zero-order valence-electron chi connectivity index (χ0n) is 51.4. The zero-order valence-corrected chi connectivity index (χ0v) is 51.4. The van der Waals surface area contributed by atoms with Crippen LogP contribution in [0.25, 0.3) is 0 Å². The molecule has 3 saturated carbocycles. The molecule has 0 N–H and O–H groups in total. The Morgan fingerprint density at radius 3 is 0.963 bits per heavy atom. The lowest BCUT2D eigenvalue weighted by atomic mass is 9.79. The first-order chi connectivity index (χ1) is 38.5. The first-order valence-corrected chi connectivity index (χ1v) is 32.0. The molecule has 3 rings (SSSR count). The largest absolute Gasteiger partial charge is 0.462 e. The molecule has 3 aliphatic rings. The van der Waals surface area contributed by atoms with Crippen LogP contribution in [0.2, 0.25) is 0 Å². The molecule has 0 heterocycles. The van der Waals surface area contributed by atoms with Gasteiger partial charge in [-0.2, -0.15) is 0 Å². The van der Waals surface area contributed by atoms with E-state index in [2.05, 4.69) is 56.2 Å². The molecule has 16 nitrogen and oxygen atoms in total. The summed E-state index contributed by atoms with van der Waals surface area (Å²) in [5.41, 5.74) is 0. The standard InChI is InChI=1S/C64H113N3O13/c1-50(2)14-8-17-53-20-26-56(27-21-53)62(72)78-47-44-75-59(69)32-40-66(39-13-43-68)37-11-35-65(7)36-12-38-67(41-33-60(70)76-45-48-79-63(73)57-28-22-54(23-29-57)18-9-15-51(3)4)42-34-61(71)77-46-49-80-64(74)58-30-24-55(25-31-58)19-10-16-52(5)6/h43,50-58H,8-42,44-49H2,1-7H3. The van der Waals surface area contributed by atoms with Gasteiger partial charge in [0.15, 0.2) is 0 Å². The first kappa shape index (κ1) is 70.6. The van der Waals surface area contributed by atoms with Gasteiger partial charge in [0.1, 0.15) is 45.9 Å². The summed E-state index contributed by atoms with van der Waals surface area (Å²) in [6.45, 7) is 18.2. The van der Waals surface area contributed by atoms with Crippen LogP contribution in [0.15, 0.2) is 0 Å². The van der Waals surface area contributed by atoms with Crippen LogP contribution in [0, 0.1) is 53.3 Å². The monoisotopic (exact) mass is 1130 g/mol. The Bertz CT molecular complexity index is 1630. The molecule has 0 unspecified atom stereocenters. The van der Waals surface area contributed by atoms with E-state index in [1.807, 2.05) is 7.05 Å². The molecule has 0 saturated heterocycles. The molecule has 3 aliphatic carbocycles. The second-order valence-electron chi connectivity index (χ2n) is 25.2. The third-order valence-electron chi connectivity index (χ3n) is 17.0. The van der Waals surface area contributed by atoms with Crippen LogP contribution in [0.5, 0.6) is 0 Å². The Balaban J connectivity index is 1.36. The molecule has 0 aromatic rings. The lowest BCUT2D eigenvalue weighted by Crippen LogP contribution is -2.34. The summed E-state index contributed by atoms with van der Waals surface area (Å²) in [5, 5.41) is 0. The van der Waals surface area contributed by atoms with Crippen molar-refractivity contribution in [2.24, 2.45) is 53.3 Å². The number of nitrogens with zero attached hydrogens (tertiary/aromatic N) is 3. The van der Waals surface area contributed by atoms with E-state index in [1.165, 1.54) is 57.8 Å². The van der Waals surface area contributed by atoms with E-state index < -0.39 is 11.9 Å². The average Bonchev–Trinajstić information content (AvgIpc) is 3.43. The highest BCUT2D eigenvalue weighted by molar-refractivity contribution is 5.74. The van der Waals surface area contributed by atoms with Gasteiger partial charge in [0.05, 0.1) is 37.0 Å². The fraction of sp³-hybridized carbons (Fsp3) is 0.891. The maximum atomic E-state index is 12.9. The smallest absolute Gasteiger partial charge is 0.309 e. The van der Waals surface area contributed by atoms with Crippen molar-refractivity contribution >= 4 is 42.1 Å². The van der Waals surface area contributed by atoms with Crippen LogP contribution in [0.3, 0.4) is 0 Å². The lowest BCUT2D eigenvalue weighted by Gasteiger charge is -2.27. The molecule has 80 heavy (non-hydrogen) atoms. The minimum absolute atomic E-state index is 0.00845. The number of rotatable bonds is 44. The molecule has 3 fully saturated rings. The van der Waals surface area contributed by atoms with Gasteiger partial charge in [-0.1, -0.05) is 99.3 Å². The molecular weight excluding hydrogens is 1020 g/mol. The van der Waals surface area contributed by atoms with Crippen molar-refractivity contribution in [2.45, 2.75) is 215 Å². The number of carbonyl (C=O) groups is 7. The van der Waals surface area contributed by atoms with E-state index in [4.69, 9.17) is 28.4 Å². The predicted octanol–water partition coefficient (Wildman–Crippen LogP) is 11.2. The van der Waals surface area contributed by atoms with Gasteiger partial charge in [-0.05, 0) is 159 Å². The van der Waals surface area contributed by atoms with Gasteiger partial charge in [-0.15, -0.1) is 0 Å². The Kier molecular flexibility index (Phi) is 38.0. The number of ether oxygens (including phenoxy) is 6. The highest BCUT2D eigenvalue weighted by Crippen LogP contribution is 2.35. The van der Waals surface area contributed by atoms with Crippen molar-refractivity contribution in [1.82, 2.24) is 14.7 Å². The lowest BCUT2D eigenvalue weighted by molar-refractivity contribution is -0.156. The molecule has 0 aromatic heterocycles. The minimum atomic E-state index is -0.405. The molecule has 0 atom stereocenters. The van der Waals surface area contributed by atoms with E-state index in [1.54, 1.807) is 0 Å². The van der Waals surface area contributed by atoms with E-state index >= 15 is 0 Å². The van der Waals surface area contributed by atoms with Gasteiger partial charge in [-0.25, -0.2) is 0 Å². The van der Waals surface area contributed by atoms with E-state index in [-0.39, 0.29) is 101 Å². The van der Waals surface area contributed by atoms with Crippen LogP contribution in [0.1, 0.15) is 215 Å². The maximum absolute atomic E-state index is 12.9. The number of hydrogen-bond acceptors (Lipinski definition) is 16. The number of esters is 6. The summed E-state index contributed by atoms with van der Waals surface area (Å²) < 4.78 is 32.9. The third kappa shape index (κ3) is 34.1. The van der Waals surface area contributed by atoms with Crippen molar-refractivity contribution in [3.05, 3.63) is 0 Å². The summed E-state index contributed by atoms with van der Waals surface area (Å²) in [5.74, 6) is 2.20. The van der Waals surface area contributed by atoms with Crippen molar-refractivity contribution in [2.75, 3.05) is 99.0 Å². The molecule has 462 valence electrons. The van der Waals surface area contributed by atoms with Gasteiger partial charge in [0.25, 0.3) is 0 Å². The van der Waals surface area contributed by atoms with Gasteiger partial charge in [-0.3, -0.25) is 28.8 Å². The molecule has 0 spiro atoms. The first-order valence-electron chi connectivity index (χ1n) is 32.0. The Labute approximate surface area is 484 Å². The van der Waals surface area contributed by atoms with Gasteiger partial charge in [0.2, 0.25) is 0 Å². The summed E-state index contributed by atoms with van der Waals surface area (Å²) in [7, 11) is 2.04. The SMILES string of the molecule is CC(C)CCCC1CCC(C(=O)OCCOC(=O)CCN(CCC=O)CCCN(C)CCCN(CCC(=O)OCCOC(=O)C2CCC(CCCC(C)C)CC2)CCC(=O)OCCOC(=O)C2CCC(CCCC(C)C)CC2)CC1. The Hall–Kier alpha value is -3.63. The van der Waals surface area contributed by atoms with Gasteiger partial charge in [0, 0.05) is 32.6 Å². The second-order valence-corrected chi connectivity index (χ2v) is 25.2. The summed E-state index contributed by atoms with van der Waals surface area (Å²) in [4.78, 5) is 94.4. The maximum Gasteiger partial charge on any atom is 0.309 e. The second kappa shape index (κ2) is 43.1. The Morgan fingerprint density at radius 2 is 0.675 bits per heavy atom. The normalized spacial score (nSPS) is 20.6. The van der Waals surface area contributed by atoms with Crippen LogP contribution >= 0.6 is 0 Å². The van der Waals surface area contributed by atoms with Gasteiger partial charge >= 0.3 is 35.8 Å². The quantitative estimate of drug-likeness (QED) is 0.0243. The molecule has 0 aliphatic heterocycles. The van der Waals surface area contributed by atoms with E-state index in [9.17, 15) is 33.6 Å². The van der Waals surface area contributed by atoms with Crippen LogP contribution in [-0.4, -0.2) is 156 Å². The third-order valence-corrected chi connectivity index (χ3v) is 17.0. The van der Waals surface area contributed by atoms with E-state index in [0.717, 1.165) is 115 Å². The number of hydrogen-bond donors (Lipinski definition) is 0. The summed E-state index contributed by atoms with van der Waals surface area (Å²) >= 11 is 0. The number of carbonyl (C=O) groups excluding carboxylic acids is 7. The number of aldehydes is 1. The van der Waals surface area contributed by atoms with Crippen LogP contribution in [-0.2, 0) is 62.0 Å². The van der Waals surface area contributed by atoms with Crippen molar-refractivity contribution < 1.29 is 62.0 Å². The summed E-state index contributed by atoms with van der Waals surface area (Å²) in [6, 6.07) is 0. The molecule has 0 radical (unpaired) electrons. The molecule has 16 heteroatoms. The summed E-state index contributed by atoms with van der Waals surface area (Å²) in [6.07, 6.45) is 25.8. The zero-order chi connectivity index (χ0) is 58.3. The van der Waals surface area contributed by atoms with Crippen molar-refractivity contribution in [3.63, 3.8) is 0 Å². The van der Waals surface area contributed by atoms with Gasteiger partial charge < -0.3 is 47.9 Å². The minimum Gasteiger partial charge on any atom is -0.462 e.